The van der Waals surface area contributed by atoms with E-state index < -0.39 is 0 Å². The van der Waals surface area contributed by atoms with Gasteiger partial charge in [-0.05, 0) is 33.6 Å². The second kappa shape index (κ2) is 3.42. The van der Waals surface area contributed by atoms with Crippen LogP contribution >= 0.6 is 15.9 Å². The molecule has 0 aliphatic rings. The van der Waals surface area contributed by atoms with Crippen LogP contribution in [0.3, 0.4) is 0 Å². The molecule has 0 amide bonds. The van der Waals surface area contributed by atoms with E-state index in [0.29, 0.717) is 15.7 Å². The van der Waals surface area contributed by atoms with E-state index >= 15 is 0 Å². The minimum Gasteiger partial charge on any atom is -0.367 e. The van der Waals surface area contributed by atoms with Crippen molar-refractivity contribution in [3.05, 3.63) is 34.7 Å². The lowest BCUT2D eigenvalue weighted by molar-refractivity contribution is 0.432. The number of benzene rings is 1. The number of hydrogen-bond donors (Lipinski definition) is 1. The number of rotatable bonds is 1. The largest absolute Gasteiger partial charge is 0.367 e. The minimum atomic E-state index is -0.324. The van der Waals surface area contributed by atoms with Gasteiger partial charge in [-0.25, -0.2) is 4.39 Å². The number of nitrogen functional groups attached to an aromatic ring is 1. The molecule has 0 bridgehead atoms. The lowest BCUT2D eigenvalue weighted by Crippen LogP contribution is -1.86. The standard InChI is InChI=1S/C9H6BrFN2O/c10-8-7(9(12)14-13-8)5-2-1-3-6(11)4-5/h1-4H,12H2. The molecule has 0 atom stereocenters. The Morgan fingerprint density at radius 3 is 2.79 bits per heavy atom. The van der Waals surface area contributed by atoms with Crippen LogP contribution < -0.4 is 5.73 Å². The Labute approximate surface area is 87.8 Å². The molecule has 5 heteroatoms. The third-order valence-corrected chi connectivity index (χ3v) is 2.33. The van der Waals surface area contributed by atoms with Crippen LogP contribution in [-0.2, 0) is 0 Å². The Hall–Kier alpha value is -1.36. The second-order valence-electron chi connectivity index (χ2n) is 2.72. The third-order valence-electron chi connectivity index (χ3n) is 1.79. The molecule has 0 saturated heterocycles. The lowest BCUT2D eigenvalue weighted by Gasteiger charge is -1.98. The van der Waals surface area contributed by atoms with Gasteiger partial charge in [-0.15, -0.1) is 0 Å². The van der Waals surface area contributed by atoms with Crippen molar-refractivity contribution in [3.63, 3.8) is 0 Å². The fourth-order valence-corrected chi connectivity index (χ4v) is 1.68. The van der Waals surface area contributed by atoms with Crippen molar-refractivity contribution < 1.29 is 8.91 Å². The zero-order valence-electron chi connectivity index (χ0n) is 7.00. The van der Waals surface area contributed by atoms with Gasteiger partial charge in [0.15, 0.2) is 4.60 Å². The highest BCUT2D eigenvalue weighted by atomic mass is 79.9. The maximum atomic E-state index is 12.9. The van der Waals surface area contributed by atoms with Gasteiger partial charge in [-0.2, -0.15) is 0 Å². The molecule has 72 valence electrons. The Morgan fingerprint density at radius 1 is 1.43 bits per heavy atom. The van der Waals surface area contributed by atoms with Gasteiger partial charge in [0, 0.05) is 0 Å². The van der Waals surface area contributed by atoms with Gasteiger partial charge in [0.25, 0.3) is 0 Å². The Bertz CT molecular complexity index is 450. The molecule has 1 aromatic carbocycles. The molecular formula is C9H6BrFN2O. The van der Waals surface area contributed by atoms with Gasteiger partial charge in [0.2, 0.25) is 5.88 Å². The van der Waals surface area contributed by atoms with Crippen LogP contribution in [0.4, 0.5) is 10.3 Å². The summed E-state index contributed by atoms with van der Waals surface area (Å²) >= 11 is 3.17. The number of aromatic nitrogens is 1. The first-order valence-corrected chi connectivity index (χ1v) is 4.64. The first-order chi connectivity index (χ1) is 6.68. The summed E-state index contributed by atoms with van der Waals surface area (Å²) in [5, 5.41) is 3.62. The van der Waals surface area contributed by atoms with Gasteiger partial charge in [0.1, 0.15) is 5.82 Å². The Kier molecular flexibility index (Phi) is 2.25. The van der Waals surface area contributed by atoms with E-state index in [1.165, 1.54) is 12.1 Å². The van der Waals surface area contributed by atoms with Crippen molar-refractivity contribution in [2.24, 2.45) is 0 Å². The van der Waals surface area contributed by atoms with Crippen LogP contribution in [0.5, 0.6) is 0 Å². The van der Waals surface area contributed by atoms with Crippen molar-refractivity contribution in [1.29, 1.82) is 0 Å². The maximum Gasteiger partial charge on any atom is 0.231 e. The van der Waals surface area contributed by atoms with Crippen LogP contribution in [0.2, 0.25) is 0 Å². The molecule has 3 nitrogen and oxygen atoms in total. The van der Waals surface area contributed by atoms with Gasteiger partial charge >= 0.3 is 0 Å². The number of nitrogens with zero attached hydrogens (tertiary/aromatic N) is 1. The fourth-order valence-electron chi connectivity index (χ4n) is 1.19. The van der Waals surface area contributed by atoms with E-state index in [2.05, 4.69) is 21.1 Å². The van der Waals surface area contributed by atoms with Gasteiger partial charge in [0.05, 0.1) is 5.56 Å². The van der Waals surface area contributed by atoms with E-state index in [1.807, 2.05) is 0 Å². The summed E-state index contributed by atoms with van der Waals surface area (Å²) in [6.07, 6.45) is 0. The molecule has 0 spiro atoms. The van der Waals surface area contributed by atoms with Gasteiger partial charge in [-0.3, -0.25) is 0 Å². The summed E-state index contributed by atoms with van der Waals surface area (Å²) in [4.78, 5) is 0. The summed E-state index contributed by atoms with van der Waals surface area (Å²) in [6, 6.07) is 6.06. The molecule has 0 aliphatic heterocycles. The van der Waals surface area contributed by atoms with E-state index in [0.717, 1.165) is 0 Å². The first kappa shape index (κ1) is 9.21. The first-order valence-electron chi connectivity index (χ1n) is 3.85. The summed E-state index contributed by atoms with van der Waals surface area (Å²) in [6.45, 7) is 0. The highest BCUT2D eigenvalue weighted by Crippen LogP contribution is 2.33. The van der Waals surface area contributed by atoms with Crippen molar-refractivity contribution in [2.45, 2.75) is 0 Å². The third kappa shape index (κ3) is 1.50. The monoisotopic (exact) mass is 256 g/mol. The SMILES string of the molecule is Nc1onc(Br)c1-c1cccc(F)c1. The molecule has 2 rings (SSSR count). The summed E-state index contributed by atoms with van der Waals surface area (Å²) in [5.74, 6) is -0.155. The molecule has 2 aromatic rings. The molecule has 0 saturated carbocycles. The van der Waals surface area contributed by atoms with Gasteiger partial charge < -0.3 is 10.3 Å². The fraction of sp³-hybridized carbons (Fsp3) is 0. The highest BCUT2D eigenvalue weighted by Gasteiger charge is 2.13. The predicted molar refractivity (Wildman–Crippen MR) is 54.0 cm³/mol. The topological polar surface area (TPSA) is 52.0 Å². The van der Waals surface area contributed by atoms with Crippen molar-refractivity contribution in [1.82, 2.24) is 5.16 Å². The molecule has 14 heavy (non-hydrogen) atoms. The van der Waals surface area contributed by atoms with Crippen molar-refractivity contribution >= 4 is 21.8 Å². The zero-order chi connectivity index (χ0) is 10.1. The summed E-state index contributed by atoms with van der Waals surface area (Å²) in [7, 11) is 0. The van der Waals surface area contributed by atoms with E-state index in [1.54, 1.807) is 12.1 Å². The molecule has 0 radical (unpaired) electrons. The number of halogens is 2. The van der Waals surface area contributed by atoms with Crippen LogP contribution in [0.15, 0.2) is 33.4 Å². The average molecular weight is 257 g/mol. The number of hydrogen-bond acceptors (Lipinski definition) is 3. The predicted octanol–water partition coefficient (Wildman–Crippen LogP) is 2.83. The molecule has 0 fully saturated rings. The minimum absolute atomic E-state index is 0.169. The second-order valence-corrected chi connectivity index (χ2v) is 3.47. The molecule has 2 N–H and O–H groups in total. The van der Waals surface area contributed by atoms with E-state index in [-0.39, 0.29) is 11.7 Å². The van der Waals surface area contributed by atoms with Crippen LogP contribution in [0.25, 0.3) is 11.1 Å². The van der Waals surface area contributed by atoms with Crippen molar-refractivity contribution in [2.75, 3.05) is 5.73 Å². The van der Waals surface area contributed by atoms with Crippen LogP contribution in [0, 0.1) is 5.82 Å². The molecule has 0 unspecified atom stereocenters. The molecular weight excluding hydrogens is 251 g/mol. The quantitative estimate of drug-likeness (QED) is 0.854. The average Bonchev–Trinajstić information content (AvgIpc) is 2.46. The molecule has 1 aromatic heterocycles. The maximum absolute atomic E-state index is 12.9. The summed E-state index contributed by atoms with van der Waals surface area (Å²) in [5.41, 5.74) is 6.75. The molecule has 0 aliphatic carbocycles. The van der Waals surface area contributed by atoms with E-state index in [9.17, 15) is 4.39 Å². The normalized spacial score (nSPS) is 10.4. The Balaban J connectivity index is 2.59. The van der Waals surface area contributed by atoms with E-state index in [4.69, 9.17) is 10.3 Å². The highest BCUT2D eigenvalue weighted by molar-refractivity contribution is 9.10. The smallest absolute Gasteiger partial charge is 0.231 e. The van der Waals surface area contributed by atoms with Crippen LogP contribution in [-0.4, -0.2) is 5.16 Å². The summed E-state index contributed by atoms with van der Waals surface area (Å²) < 4.78 is 18.1. The molecule has 1 heterocycles. The Morgan fingerprint density at radius 2 is 2.21 bits per heavy atom. The van der Waals surface area contributed by atoms with Crippen LogP contribution in [0.1, 0.15) is 0 Å². The van der Waals surface area contributed by atoms with Gasteiger partial charge in [-0.1, -0.05) is 17.3 Å². The lowest BCUT2D eigenvalue weighted by atomic mass is 10.1. The number of anilines is 1. The number of nitrogens with two attached hydrogens (primary N) is 1. The zero-order valence-corrected chi connectivity index (χ0v) is 8.58. The van der Waals surface area contributed by atoms with Crippen molar-refractivity contribution in [3.8, 4) is 11.1 Å².